The van der Waals surface area contributed by atoms with E-state index in [2.05, 4.69) is 14.6 Å². The van der Waals surface area contributed by atoms with Crippen molar-refractivity contribution in [2.45, 2.75) is 33.2 Å². The zero-order valence-corrected chi connectivity index (χ0v) is 12.7. The van der Waals surface area contributed by atoms with Crippen molar-refractivity contribution >= 4 is 21.7 Å². The zero-order valence-electron chi connectivity index (χ0n) is 11.9. The quantitative estimate of drug-likeness (QED) is 0.288. The molecule has 0 aliphatic heterocycles. The van der Waals surface area contributed by atoms with Gasteiger partial charge in [0.1, 0.15) is 0 Å². The summed E-state index contributed by atoms with van der Waals surface area (Å²) in [5, 5.41) is 11.7. The van der Waals surface area contributed by atoms with Crippen LogP contribution in [0.1, 0.15) is 31.9 Å². The van der Waals surface area contributed by atoms with Crippen molar-refractivity contribution in [2.24, 2.45) is 10.9 Å². The van der Waals surface area contributed by atoms with E-state index in [1.807, 2.05) is 0 Å². The van der Waals surface area contributed by atoms with Gasteiger partial charge in [-0.1, -0.05) is 17.3 Å². The number of benzene rings is 1. The molecule has 0 fully saturated rings. The average Bonchev–Trinajstić information content (AvgIpc) is 2.24. The van der Waals surface area contributed by atoms with Crippen molar-refractivity contribution in [1.29, 1.82) is 0 Å². The van der Waals surface area contributed by atoms with E-state index in [0.717, 1.165) is 0 Å². The molecule has 0 heterocycles. The van der Waals surface area contributed by atoms with E-state index in [1.165, 1.54) is 0 Å². The number of amidine groups is 1. The number of oxime groups is 1. The summed E-state index contributed by atoms with van der Waals surface area (Å²) in [6, 6.07) is 4.96. The first-order valence-corrected chi connectivity index (χ1v) is 7.43. The molecule has 0 saturated carbocycles. The minimum absolute atomic E-state index is 0.156. The van der Waals surface area contributed by atoms with Crippen molar-refractivity contribution in [3.05, 3.63) is 29.3 Å². The van der Waals surface area contributed by atoms with Crippen molar-refractivity contribution in [2.75, 3.05) is 4.72 Å². The van der Waals surface area contributed by atoms with Crippen LogP contribution >= 0.6 is 0 Å². The smallest absolute Gasteiger partial charge is 0.299 e. The van der Waals surface area contributed by atoms with Crippen LogP contribution in [0.2, 0.25) is 0 Å². The molecular formula is C12H20N4O3S. The highest BCUT2D eigenvalue weighted by molar-refractivity contribution is 7.90. The summed E-state index contributed by atoms with van der Waals surface area (Å²) in [6.45, 7) is 6.93. The van der Waals surface area contributed by atoms with Crippen LogP contribution in [0.5, 0.6) is 0 Å². The number of rotatable bonds is 4. The number of hydrogen-bond donors (Lipinski definition) is 4. The molecule has 0 unspecified atom stereocenters. The number of aryl methyl sites for hydroxylation is 1. The summed E-state index contributed by atoms with van der Waals surface area (Å²) >= 11 is 0. The van der Waals surface area contributed by atoms with Crippen LogP contribution < -0.4 is 15.2 Å². The van der Waals surface area contributed by atoms with Gasteiger partial charge in [-0.15, -0.1) is 0 Å². The van der Waals surface area contributed by atoms with Gasteiger partial charge < -0.3 is 10.9 Å². The molecule has 0 spiro atoms. The Morgan fingerprint density at radius 1 is 1.35 bits per heavy atom. The second-order valence-electron chi connectivity index (χ2n) is 5.44. The predicted molar refractivity (Wildman–Crippen MR) is 79.1 cm³/mol. The molecule has 0 atom stereocenters. The largest absolute Gasteiger partial charge is 0.409 e. The molecule has 112 valence electrons. The van der Waals surface area contributed by atoms with Crippen LogP contribution in [-0.2, 0) is 10.2 Å². The molecular weight excluding hydrogens is 280 g/mol. The number of nitrogens with two attached hydrogens (primary N) is 1. The fourth-order valence-electron chi connectivity index (χ4n) is 1.72. The third-order valence-electron chi connectivity index (χ3n) is 2.32. The summed E-state index contributed by atoms with van der Waals surface area (Å²) in [6.07, 6.45) is 0. The lowest BCUT2D eigenvalue weighted by atomic mass is 10.1. The van der Waals surface area contributed by atoms with Crippen molar-refractivity contribution in [1.82, 2.24) is 4.72 Å². The van der Waals surface area contributed by atoms with E-state index < -0.39 is 15.7 Å². The number of nitrogens with zero attached hydrogens (tertiary/aromatic N) is 1. The standard InChI is InChI=1S/C12H20N4O3S/c1-8-6-5-7-9(10(8)11(13)14-17)15-20(18,19)16-12(2,3)4/h5-7,15-17H,1-4H3,(H2,13,14). The van der Waals surface area contributed by atoms with Gasteiger partial charge in [0.2, 0.25) is 0 Å². The fraction of sp³-hybridized carbons (Fsp3) is 0.417. The highest BCUT2D eigenvalue weighted by atomic mass is 32.2. The Bertz CT molecular complexity index is 618. The van der Waals surface area contributed by atoms with Gasteiger partial charge in [-0.3, -0.25) is 4.72 Å². The van der Waals surface area contributed by atoms with Crippen LogP contribution in [0.15, 0.2) is 23.4 Å². The number of nitrogens with one attached hydrogen (secondary N) is 2. The van der Waals surface area contributed by atoms with E-state index in [0.29, 0.717) is 11.1 Å². The molecule has 1 aromatic rings. The van der Waals surface area contributed by atoms with Crippen LogP contribution in [-0.4, -0.2) is 25.0 Å². The summed E-state index contributed by atoms with van der Waals surface area (Å²) in [4.78, 5) is 0. The van der Waals surface area contributed by atoms with E-state index in [9.17, 15) is 8.42 Å². The lowest BCUT2D eigenvalue weighted by Gasteiger charge is -2.22. The SMILES string of the molecule is Cc1cccc(NS(=O)(=O)NC(C)(C)C)c1/C(N)=N/O. The summed E-state index contributed by atoms with van der Waals surface area (Å²) in [5.74, 6) is -0.156. The van der Waals surface area contributed by atoms with E-state index in [-0.39, 0.29) is 11.5 Å². The van der Waals surface area contributed by atoms with Crippen molar-refractivity contribution in [3.63, 3.8) is 0 Å². The van der Waals surface area contributed by atoms with Gasteiger partial charge in [-0.05, 0) is 39.3 Å². The third-order valence-corrected chi connectivity index (χ3v) is 3.69. The monoisotopic (exact) mass is 300 g/mol. The molecule has 0 aliphatic rings. The minimum atomic E-state index is -3.77. The van der Waals surface area contributed by atoms with Gasteiger partial charge >= 0.3 is 0 Å². The van der Waals surface area contributed by atoms with E-state index in [1.54, 1.807) is 45.9 Å². The molecule has 5 N–H and O–H groups in total. The Kier molecular flexibility index (Phi) is 4.61. The first-order valence-electron chi connectivity index (χ1n) is 5.95. The van der Waals surface area contributed by atoms with Gasteiger partial charge in [0.15, 0.2) is 5.84 Å². The van der Waals surface area contributed by atoms with Gasteiger partial charge in [0.05, 0.1) is 5.69 Å². The highest BCUT2D eigenvalue weighted by Gasteiger charge is 2.21. The van der Waals surface area contributed by atoms with Crippen molar-refractivity contribution in [3.8, 4) is 0 Å². The lowest BCUT2D eigenvalue weighted by Crippen LogP contribution is -2.43. The van der Waals surface area contributed by atoms with E-state index >= 15 is 0 Å². The Labute approximate surface area is 119 Å². The summed E-state index contributed by atoms with van der Waals surface area (Å²) in [5.41, 5.74) is 6.25. The Morgan fingerprint density at radius 3 is 2.45 bits per heavy atom. The Hall–Kier alpha value is -1.80. The Morgan fingerprint density at radius 2 is 1.95 bits per heavy atom. The topological polar surface area (TPSA) is 117 Å². The fourth-order valence-corrected chi connectivity index (χ4v) is 3.03. The molecule has 0 aromatic heterocycles. The number of hydrogen-bond acceptors (Lipinski definition) is 4. The van der Waals surface area contributed by atoms with Crippen LogP contribution in [0.4, 0.5) is 5.69 Å². The Balaban J connectivity index is 3.20. The normalized spacial score (nSPS) is 13.3. The van der Waals surface area contributed by atoms with Crippen LogP contribution in [0.25, 0.3) is 0 Å². The maximum absolute atomic E-state index is 12.0. The first-order chi connectivity index (χ1) is 9.06. The molecule has 1 aromatic carbocycles. The van der Waals surface area contributed by atoms with Gasteiger partial charge in [0.25, 0.3) is 10.2 Å². The molecule has 0 saturated heterocycles. The second kappa shape index (κ2) is 5.68. The van der Waals surface area contributed by atoms with Crippen LogP contribution in [0.3, 0.4) is 0 Å². The lowest BCUT2D eigenvalue weighted by molar-refractivity contribution is 0.318. The third kappa shape index (κ3) is 4.39. The van der Waals surface area contributed by atoms with Gasteiger partial charge in [-0.2, -0.15) is 13.1 Å². The molecule has 7 nitrogen and oxygen atoms in total. The van der Waals surface area contributed by atoms with Gasteiger partial charge in [0, 0.05) is 11.1 Å². The predicted octanol–water partition coefficient (Wildman–Crippen LogP) is 1.13. The molecule has 20 heavy (non-hydrogen) atoms. The van der Waals surface area contributed by atoms with Crippen LogP contribution in [0, 0.1) is 6.92 Å². The summed E-state index contributed by atoms with van der Waals surface area (Å²) < 4.78 is 28.9. The molecule has 0 amide bonds. The second-order valence-corrected chi connectivity index (χ2v) is 6.86. The van der Waals surface area contributed by atoms with Gasteiger partial charge in [-0.25, -0.2) is 0 Å². The highest BCUT2D eigenvalue weighted by Crippen LogP contribution is 2.20. The molecule has 0 bridgehead atoms. The van der Waals surface area contributed by atoms with E-state index in [4.69, 9.17) is 10.9 Å². The average molecular weight is 300 g/mol. The molecule has 8 heteroatoms. The minimum Gasteiger partial charge on any atom is -0.409 e. The maximum atomic E-state index is 12.0. The summed E-state index contributed by atoms with van der Waals surface area (Å²) in [7, 11) is -3.77. The first kappa shape index (κ1) is 16.3. The van der Waals surface area contributed by atoms with Crippen molar-refractivity contribution < 1.29 is 13.6 Å². The molecule has 0 aliphatic carbocycles. The number of anilines is 1. The molecule has 0 radical (unpaired) electrons. The molecule has 1 rings (SSSR count). The zero-order chi connectivity index (χ0) is 15.6. The maximum Gasteiger partial charge on any atom is 0.299 e.